The number of carbonyl (C=O) groups excluding carboxylic acids is 3. The Labute approximate surface area is 159 Å². The zero-order valence-electron chi connectivity index (χ0n) is 15.7. The number of ketones is 1. The van der Waals surface area contributed by atoms with Crippen molar-refractivity contribution < 1.29 is 24.2 Å². The lowest BCUT2D eigenvalue weighted by atomic mass is 10.0. The van der Waals surface area contributed by atoms with Crippen molar-refractivity contribution in [3.05, 3.63) is 35.9 Å². The van der Waals surface area contributed by atoms with E-state index < -0.39 is 18.1 Å². The van der Waals surface area contributed by atoms with Crippen molar-refractivity contribution in [2.45, 2.75) is 45.3 Å². The van der Waals surface area contributed by atoms with Crippen molar-refractivity contribution >= 4 is 17.8 Å². The molecule has 2 N–H and O–H groups in total. The summed E-state index contributed by atoms with van der Waals surface area (Å²) < 4.78 is 5.12. The molecule has 1 fully saturated rings. The number of nitrogens with zero attached hydrogens (tertiary/aromatic N) is 1. The Morgan fingerprint density at radius 1 is 1.15 bits per heavy atom. The molecule has 1 aliphatic rings. The molecule has 7 heteroatoms. The summed E-state index contributed by atoms with van der Waals surface area (Å²) in [5.41, 5.74) is 0.935. The van der Waals surface area contributed by atoms with Crippen LogP contribution in [0.25, 0.3) is 0 Å². The van der Waals surface area contributed by atoms with Gasteiger partial charge in [-0.05, 0) is 25.3 Å². The number of ether oxygens (including phenoxy) is 1. The van der Waals surface area contributed by atoms with Gasteiger partial charge in [-0.15, -0.1) is 0 Å². The van der Waals surface area contributed by atoms with Crippen LogP contribution in [-0.2, 0) is 20.9 Å². The van der Waals surface area contributed by atoms with Crippen LogP contribution in [-0.4, -0.2) is 53.5 Å². The minimum Gasteiger partial charge on any atom is -0.445 e. The first-order chi connectivity index (χ1) is 13.0. The average Bonchev–Trinajstić information content (AvgIpc) is 3.05. The number of alkyl carbamates (subject to hydrolysis) is 1. The van der Waals surface area contributed by atoms with Crippen molar-refractivity contribution in [3.8, 4) is 0 Å². The van der Waals surface area contributed by atoms with Crippen LogP contribution >= 0.6 is 0 Å². The molecule has 1 aromatic rings. The van der Waals surface area contributed by atoms with Gasteiger partial charge in [0.15, 0.2) is 0 Å². The molecule has 2 rings (SSSR count). The minimum atomic E-state index is -0.752. The highest BCUT2D eigenvalue weighted by atomic mass is 16.5. The molecule has 1 aromatic carbocycles. The molecule has 27 heavy (non-hydrogen) atoms. The zero-order chi connectivity index (χ0) is 19.6. The second-order valence-corrected chi connectivity index (χ2v) is 6.88. The Kier molecular flexibility index (Phi) is 8.26. The van der Waals surface area contributed by atoms with Crippen LogP contribution in [0.4, 0.5) is 4.79 Å². The molecule has 0 bridgehead atoms. The maximum atomic E-state index is 12.1. The molecule has 0 aliphatic carbocycles. The number of benzene rings is 1. The van der Waals surface area contributed by atoms with Gasteiger partial charge in [0.1, 0.15) is 12.4 Å². The number of carbonyl (C=O) groups is 3. The van der Waals surface area contributed by atoms with E-state index in [4.69, 9.17) is 4.74 Å². The fourth-order valence-electron chi connectivity index (χ4n) is 3.09. The monoisotopic (exact) mass is 376 g/mol. The van der Waals surface area contributed by atoms with Crippen molar-refractivity contribution in [3.63, 3.8) is 0 Å². The van der Waals surface area contributed by atoms with Gasteiger partial charge in [0.05, 0.1) is 12.0 Å². The molecule has 2 atom stereocenters. The summed E-state index contributed by atoms with van der Waals surface area (Å²) in [4.78, 5) is 36.7. The van der Waals surface area contributed by atoms with Crippen LogP contribution in [0.5, 0.6) is 0 Å². The van der Waals surface area contributed by atoms with E-state index in [1.807, 2.05) is 30.3 Å². The number of nitrogens with one attached hydrogen (secondary N) is 1. The van der Waals surface area contributed by atoms with Gasteiger partial charge in [-0.2, -0.15) is 0 Å². The summed E-state index contributed by atoms with van der Waals surface area (Å²) in [5.74, 6) is -0.573. The Hall–Kier alpha value is -2.41. The number of likely N-dealkylation sites (tertiary alicyclic amines) is 1. The molecule has 1 aliphatic heterocycles. The lowest BCUT2D eigenvalue weighted by Crippen LogP contribution is -2.29. The van der Waals surface area contributed by atoms with Gasteiger partial charge in [0.2, 0.25) is 5.91 Å². The normalized spacial score (nSPS) is 19.0. The Balaban J connectivity index is 1.51. The van der Waals surface area contributed by atoms with Gasteiger partial charge in [-0.3, -0.25) is 9.59 Å². The third-order valence-electron chi connectivity index (χ3n) is 4.71. The van der Waals surface area contributed by atoms with Crippen LogP contribution in [0.1, 0.15) is 38.2 Å². The van der Waals surface area contributed by atoms with Gasteiger partial charge < -0.3 is 20.1 Å². The summed E-state index contributed by atoms with van der Waals surface area (Å²) in [6.07, 6.45) is 1.45. The third-order valence-corrected chi connectivity index (χ3v) is 4.71. The third kappa shape index (κ3) is 7.02. The maximum Gasteiger partial charge on any atom is 0.407 e. The molecule has 0 radical (unpaired) electrons. The van der Waals surface area contributed by atoms with E-state index in [1.54, 1.807) is 4.90 Å². The predicted molar refractivity (Wildman–Crippen MR) is 99.9 cm³/mol. The molecule has 2 amide bonds. The van der Waals surface area contributed by atoms with E-state index in [1.165, 1.54) is 6.92 Å². The number of hydrogen-bond donors (Lipinski definition) is 2. The Morgan fingerprint density at radius 2 is 1.89 bits per heavy atom. The average molecular weight is 376 g/mol. The van der Waals surface area contributed by atoms with Crippen LogP contribution in [0.15, 0.2) is 30.3 Å². The summed E-state index contributed by atoms with van der Waals surface area (Å²) in [6.45, 7) is 2.72. The highest BCUT2D eigenvalue weighted by Gasteiger charge is 2.36. The number of Topliss-reactive ketones (excluding diaryl/α,β-unsaturated/α-hetero) is 1. The number of rotatable bonds is 9. The van der Waals surface area contributed by atoms with Gasteiger partial charge >= 0.3 is 6.09 Å². The van der Waals surface area contributed by atoms with Crippen LogP contribution in [0.3, 0.4) is 0 Å². The van der Waals surface area contributed by atoms with Crippen LogP contribution in [0, 0.1) is 5.92 Å². The minimum absolute atomic E-state index is 0.0342. The van der Waals surface area contributed by atoms with Crippen molar-refractivity contribution in [2.75, 3.05) is 19.6 Å². The van der Waals surface area contributed by atoms with E-state index in [0.717, 1.165) is 18.4 Å². The van der Waals surface area contributed by atoms with Crippen molar-refractivity contribution in [1.82, 2.24) is 10.2 Å². The number of aliphatic hydroxyl groups excluding tert-OH is 1. The number of β-amino-alcohol motifs (C(OH)–C–C–N with tert-alkyl or cyclic N) is 1. The Bertz CT molecular complexity index is 635. The van der Waals surface area contributed by atoms with E-state index in [-0.39, 0.29) is 24.8 Å². The quantitative estimate of drug-likeness (QED) is 0.642. The van der Waals surface area contributed by atoms with E-state index >= 15 is 0 Å². The fourth-order valence-corrected chi connectivity index (χ4v) is 3.09. The molecule has 0 saturated carbocycles. The van der Waals surface area contributed by atoms with Gasteiger partial charge in [-0.1, -0.05) is 36.8 Å². The number of unbranched alkanes of at least 4 members (excludes halogenated alkanes) is 2. The maximum absolute atomic E-state index is 12.1. The largest absolute Gasteiger partial charge is 0.445 e. The molecule has 0 aromatic heterocycles. The highest BCUT2D eigenvalue weighted by Crippen LogP contribution is 2.19. The van der Waals surface area contributed by atoms with Crippen LogP contribution in [0.2, 0.25) is 0 Å². The van der Waals surface area contributed by atoms with E-state index in [2.05, 4.69) is 5.32 Å². The molecule has 1 heterocycles. The van der Waals surface area contributed by atoms with E-state index in [9.17, 15) is 19.5 Å². The first-order valence-electron chi connectivity index (χ1n) is 9.38. The first kappa shape index (κ1) is 20.9. The molecule has 2 unspecified atom stereocenters. The molecule has 0 spiro atoms. The van der Waals surface area contributed by atoms with Gasteiger partial charge in [0, 0.05) is 26.1 Å². The zero-order valence-corrected chi connectivity index (χ0v) is 15.7. The Morgan fingerprint density at radius 3 is 2.56 bits per heavy atom. The number of aliphatic hydroxyl groups is 1. The van der Waals surface area contributed by atoms with Crippen LogP contribution < -0.4 is 5.32 Å². The molecule has 7 nitrogen and oxygen atoms in total. The summed E-state index contributed by atoms with van der Waals surface area (Å²) >= 11 is 0. The molecule has 1 saturated heterocycles. The standard InChI is InChI=1S/C20H28N2O5/c1-15(23)17-12-22(13-18(17)24)19(25)10-6-3-7-11-21-20(26)27-14-16-8-4-2-5-9-16/h2,4-5,8-9,17-18,24H,3,6-7,10-14H2,1H3,(H,21,26). The summed E-state index contributed by atoms with van der Waals surface area (Å²) in [6, 6.07) is 9.47. The molecule has 148 valence electrons. The lowest BCUT2D eigenvalue weighted by molar-refractivity contribution is -0.130. The predicted octanol–water partition coefficient (Wildman–Crippen LogP) is 1.88. The second kappa shape index (κ2) is 10.7. The number of hydrogen-bond acceptors (Lipinski definition) is 5. The lowest BCUT2D eigenvalue weighted by Gasteiger charge is -2.15. The first-order valence-corrected chi connectivity index (χ1v) is 9.38. The number of amides is 2. The topological polar surface area (TPSA) is 95.9 Å². The second-order valence-electron chi connectivity index (χ2n) is 6.88. The molecular weight excluding hydrogens is 348 g/mol. The van der Waals surface area contributed by atoms with Crippen molar-refractivity contribution in [2.24, 2.45) is 5.92 Å². The van der Waals surface area contributed by atoms with Crippen molar-refractivity contribution in [1.29, 1.82) is 0 Å². The fraction of sp³-hybridized carbons (Fsp3) is 0.550. The molecular formula is C20H28N2O5. The van der Waals surface area contributed by atoms with Gasteiger partial charge in [-0.25, -0.2) is 4.79 Å². The SMILES string of the molecule is CC(=O)C1CN(C(=O)CCCCCNC(=O)OCc2ccccc2)CC1O. The smallest absolute Gasteiger partial charge is 0.407 e. The van der Waals surface area contributed by atoms with E-state index in [0.29, 0.717) is 25.9 Å². The summed E-state index contributed by atoms with van der Waals surface area (Å²) in [5, 5.41) is 12.5. The summed E-state index contributed by atoms with van der Waals surface area (Å²) in [7, 11) is 0. The van der Waals surface area contributed by atoms with Gasteiger partial charge in [0.25, 0.3) is 0 Å². The highest BCUT2D eigenvalue weighted by molar-refractivity contribution is 5.82.